The van der Waals surface area contributed by atoms with Crippen molar-refractivity contribution in [1.29, 1.82) is 0 Å². The lowest BCUT2D eigenvalue weighted by Crippen LogP contribution is -2.25. The molecule has 0 saturated heterocycles. The van der Waals surface area contributed by atoms with Crippen molar-refractivity contribution in [1.82, 2.24) is 25.1 Å². The summed E-state index contributed by atoms with van der Waals surface area (Å²) < 4.78 is 7.10. The topological polar surface area (TPSA) is 81.9 Å². The molecule has 0 aliphatic rings. The van der Waals surface area contributed by atoms with Gasteiger partial charge in [0.25, 0.3) is 5.91 Å². The largest absolute Gasteiger partial charge is 0.497 e. The molecule has 7 heteroatoms. The maximum Gasteiger partial charge on any atom is 0.254 e. The number of hydrogen-bond donors (Lipinski definition) is 1. The maximum absolute atomic E-state index is 13.9. The van der Waals surface area contributed by atoms with Crippen LogP contribution in [0.1, 0.15) is 28.4 Å². The van der Waals surface area contributed by atoms with E-state index in [9.17, 15) is 4.79 Å². The van der Waals surface area contributed by atoms with Crippen molar-refractivity contribution in [2.24, 2.45) is 0 Å². The van der Waals surface area contributed by atoms with Gasteiger partial charge in [-0.05, 0) is 43.2 Å². The standard InChI is InChI=1S/C29H27N5O2/c1-4-34-28-24(18-32-34)25(22-14-19(2)15-30-17-22)26(27(33-28)21-8-6-5-7-9-21)29(35)31-16-20-10-12-23(36-3)13-11-20/h5-15,17-18H,4,16H2,1-3H3,(H,31,35). The molecule has 1 amide bonds. The maximum atomic E-state index is 13.9. The van der Waals surface area contributed by atoms with E-state index in [1.807, 2.05) is 79.2 Å². The molecule has 0 bridgehead atoms. The third-order valence-corrected chi connectivity index (χ3v) is 6.14. The Balaban J connectivity index is 1.70. The van der Waals surface area contributed by atoms with E-state index in [-0.39, 0.29) is 5.91 Å². The molecule has 0 unspecified atom stereocenters. The summed E-state index contributed by atoms with van der Waals surface area (Å²) in [6.45, 7) is 5.06. The number of nitrogens with one attached hydrogen (secondary N) is 1. The molecule has 0 fully saturated rings. The zero-order valence-corrected chi connectivity index (χ0v) is 20.5. The van der Waals surface area contributed by atoms with Crippen molar-refractivity contribution >= 4 is 16.9 Å². The Bertz CT molecular complexity index is 1530. The number of carbonyl (C=O) groups excluding carboxylic acids is 1. The summed E-state index contributed by atoms with van der Waals surface area (Å²) in [6, 6.07) is 19.5. The number of fused-ring (bicyclic) bond motifs is 1. The quantitative estimate of drug-likeness (QED) is 0.338. The van der Waals surface area contributed by atoms with Crippen molar-refractivity contribution < 1.29 is 9.53 Å². The molecule has 3 aromatic heterocycles. The Labute approximate surface area is 209 Å². The van der Waals surface area contributed by atoms with E-state index < -0.39 is 0 Å². The lowest BCUT2D eigenvalue weighted by Gasteiger charge is -2.17. The summed E-state index contributed by atoms with van der Waals surface area (Å²) in [5.74, 6) is 0.563. The van der Waals surface area contributed by atoms with Crippen LogP contribution in [0.5, 0.6) is 5.75 Å². The molecule has 5 aromatic rings. The summed E-state index contributed by atoms with van der Waals surface area (Å²) in [7, 11) is 1.63. The third kappa shape index (κ3) is 4.43. The second kappa shape index (κ2) is 10.00. The van der Waals surface area contributed by atoms with Gasteiger partial charge in [0.15, 0.2) is 5.65 Å². The highest BCUT2D eigenvalue weighted by molar-refractivity contribution is 6.12. The molecule has 180 valence electrons. The molecule has 1 N–H and O–H groups in total. The molecule has 36 heavy (non-hydrogen) atoms. The molecule has 0 spiro atoms. The van der Waals surface area contributed by atoms with Crippen LogP contribution < -0.4 is 10.1 Å². The smallest absolute Gasteiger partial charge is 0.254 e. The first-order chi connectivity index (χ1) is 17.6. The van der Waals surface area contributed by atoms with Gasteiger partial charge in [-0.15, -0.1) is 0 Å². The molecule has 2 aromatic carbocycles. The van der Waals surface area contributed by atoms with Gasteiger partial charge in [-0.3, -0.25) is 9.78 Å². The molecule has 7 nitrogen and oxygen atoms in total. The highest BCUT2D eigenvalue weighted by Gasteiger charge is 2.25. The Morgan fingerprint density at radius 2 is 1.78 bits per heavy atom. The molecule has 0 aliphatic heterocycles. The van der Waals surface area contributed by atoms with Crippen molar-refractivity contribution in [2.75, 3.05) is 7.11 Å². The predicted molar refractivity (Wildman–Crippen MR) is 141 cm³/mol. The second-order valence-electron chi connectivity index (χ2n) is 8.56. The molecular formula is C29H27N5O2. The van der Waals surface area contributed by atoms with Gasteiger partial charge in [0.05, 0.1) is 24.6 Å². The van der Waals surface area contributed by atoms with E-state index in [4.69, 9.17) is 9.72 Å². The summed E-state index contributed by atoms with van der Waals surface area (Å²) in [5.41, 5.74) is 6.32. The average Bonchev–Trinajstić information content (AvgIpc) is 3.34. The van der Waals surface area contributed by atoms with Crippen LogP contribution in [0.15, 0.2) is 79.3 Å². The van der Waals surface area contributed by atoms with Crippen LogP contribution >= 0.6 is 0 Å². The lowest BCUT2D eigenvalue weighted by molar-refractivity contribution is 0.0952. The number of benzene rings is 2. The first kappa shape index (κ1) is 23.2. The highest BCUT2D eigenvalue weighted by Crippen LogP contribution is 2.37. The summed E-state index contributed by atoms with van der Waals surface area (Å²) in [5, 5.41) is 8.48. The van der Waals surface area contributed by atoms with Crippen LogP contribution in [0, 0.1) is 6.92 Å². The number of methoxy groups -OCH3 is 1. The van der Waals surface area contributed by atoms with Crippen LogP contribution in [0.4, 0.5) is 0 Å². The Morgan fingerprint density at radius 3 is 2.47 bits per heavy atom. The van der Waals surface area contributed by atoms with Crippen molar-refractivity contribution in [2.45, 2.75) is 26.9 Å². The number of hydrogen-bond acceptors (Lipinski definition) is 5. The molecule has 0 atom stereocenters. The van der Waals surface area contributed by atoms with Gasteiger partial charge in [0.1, 0.15) is 5.75 Å². The number of carbonyl (C=O) groups is 1. The fourth-order valence-corrected chi connectivity index (χ4v) is 4.35. The van der Waals surface area contributed by atoms with E-state index in [1.165, 1.54) is 0 Å². The monoisotopic (exact) mass is 477 g/mol. The van der Waals surface area contributed by atoms with E-state index in [1.54, 1.807) is 25.7 Å². The van der Waals surface area contributed by atoms with Crippen molar-refractivity contribution in [3.63, 3.8) is 0 Å². The molecule has 3 heterocycles. The normalized spacial score (nSPS) is 11.0. The van der Waals surface area contributed by atoms with E-state index in [2.05, 4.69) is 15.4 Å². The minimum Gasteiger partial charge on any atom is -0.497 e. The van der Waals surface area contributed by atoms with E-state index in [0.717, 1.165) is 44.6 Å². The first-order valence-electron chi connectivity index (χ1n) is 11.9. The number of rotatable bonds is 7. The van der Waals surface area contributed by atoms with Gasteiger partial charge in [-0.25, -0.2) is 9.67 Å². The average molecular weight is 478 g/mol. The first-order valence-corrected chi connectivity index (χ1v) is 11.9. The number of aryl methyl sites for hydroxylation is 2. The second-order valence-corrected chi connectivity index (χ2v) is 8.56. The van der Waals surface area contributed by atoms with E-state index >= 15 is 0 Å². The number of aromatic nitrogens is 4. The zero-order valence-electron chi connectivity index (χ0n) is 20.5. The van der Waals surface area contributed by atoms with Gasteiger partial charge >= 0.3 is 0 Å². The fourth-order valence-electron chi connectivity index (χ4n) is 4.35. The van der Waals surface area contributed by atoms with Gasteiger partial charge in [0, 0.05) is 47.6 Å². The van der Waals surface area contributed by atoms with Gasteiger partial charge in [-0.2, -0.15) is 5.10 Å². The number of amides is 1. The van der Waals surface area contributed by atoms with Crippen molar-refractivity contribution in [3.05, 3.63) is 95.9 Å². The summed E-state index contributed by atoms with van der Waals surface area (Å²) >= 11 is 0. The highest BCUT2D eigenvalue weighted by atomic mass is 16.5. The zero-order chi connectivity index (χ0) is 25.1. The van der Waals surface area contributed by atoms with Gasteiger partial charge in [0.2, 0.25) is 0 Å². The van der Waals surface area contributed by atoms with Crippen LogP contribution in [-0.2, 0) is 13.1 Å². The fraction of sp³-hybridized carbons (Fsp3) is 0.172. The Kier molecular flexibility index (Phi) is 6.45. The number of nitrogens with zero attached hydrogens (tertiary/aromatic N) is 4. The number of ether oxygens (including phenoxy) is 1. The molecule has 5 rings (SSSR count). The van der Waals surface area contributed by atoms with E-state index in [0.29, 0.717) is 24.3 Å². The summed E-state index contributed by atoms with van der Waals surface area (Å²) in [6.07, 6.45) is 5.39. The SMILES string of the molecule is CCn1ncc2c(-c3cncc(C)c3)c(C(=O)NCc3ccc(OC)cc3)c(-c3ccccc3)nc21. The Morgan fingerprint density at radius 1 is 1.00 bits per heavy atom. The minimum atomic E-state index is -0.208. The van der Waals surface area contributed by atoms with Crippen molar-refractivity contribution in [3.8, 4) is 28.1 Å². The minimum absolute atomic E-state index is 0.208. The molecule has 0 aliphatic carbocycles. The lowest BCUT2D eigenvalue weighted by atomic mass is 9.93. The van der Waals surface area contributed by atoms with Crippen LogP contribution in [-0.4, -0.2) is 32.8 Å². The third-order valence-electron chi connectivity index (χ3n) is 6.14. The number of pyridine rings is 2. The predicted octanol–water partition coefficient (Wildman–Crippen LogP) is 5.43. The van der Waals surface area contributed by atoms with Crippen LogP contribution in [0.2, 0.25) is 0 Å². The van der Waals surface area contributed by atoms with Gasteiger partial charge in [-0.1, -0.05) is 42.5 Å². The molecule has 0 saturated carbocycles. The van der Waals surface area contributed by atoms with Crippen LogP contribution in [0.25, 0.3) is 33.4 Å². The van der Waals surface area contributed by atoms with Crippen LogP contribution in [0.3, 0.4) is 0 Å². The summed E-state index contributed by atoms with van der Waals surface area (Å²) in [4.78, 5) is 23.3. The Hall–Kier alpha value is -4.52. The molecular weight excluding hydrogens is 450 g/mol. The molecule has 0 radical (unpaired) electrons. The van der Waals surface area contributed by atoms with Gasteiger partial charge < -0.3 is 10.1 Å².